The van der Waals surface area contributed by atoms with Crippen molar-refractivity contribution in [3.8, 4) is 0 Å². The van der Waals surface area contributed by atoms with E-state index in [0.29, 0.717) is 17.3 Å². The second-order valence-electron chi connectivity index (χ2n) is 6.74. The number of halogens is 1. The fourth-order valence-corrected chi connectivity index (χ4v) is 3.45. The minimum atomic E-state index is -0.0416. The number of hydrazone groups is 1. The molecule has 0 aliphatic carbocycles. The quantitative estimate of drug-likeness (QED) is 0.836. The van der Waals surface area contributed by atoms with Crippen molar-refractivity contribution in [1.82, 2.24) is 9.91 Å². The van der Waals surface area contributed by atoms with E-state index in [4.69, 9.17) is 16.7 Å². The predicted octanol–water partition coefficient (Wildman–Crippen LogP) is 2.84. The van der Waals surface area contributed by atoms with Crippen molar-refractivity contribution in [3.05, 3.63) is 64.7 Å². The van der Waals surface area contributed by atoms with Crippen molar-refractivity contribution < 1.29 is 4.79 Å². The van der Waals surface area contributed by atoms with Crippen LogP contribution < -0.4 is 4.90 Å². The van der Waals surface area contributed by atoms with Gasteiger partial charge in [0.05, 0.1) is 12.2 Å². The maximum atomic E-state index is 13.1. The summed E-state index contributed by atoms with van der Waals surface area (Å²) in [4.78, 5) is 17.2. The minimum Gasteiger partial charge on any atom is -0.303 e. The normalized spacial score (nSPS) is 19.3. The van der Waals surface area contributed by atoms with Gasteiger partial charge in [-0.2, -0.15) is 5.10 Å². The van der Waals surface area contributed by atoms with Gasteiger partial charge in [-0.05, 0) is 30.8 Å². The van der Waals surface area contributed by atoms with Gasteiger partial charge < -0.3 is 9.80 Å². The van der Waals surface area contributed by atoms with Crippen molar-refractivity contribution in [2.45, 2.75) is 6.54 Å². The monoisotopic (exact) mass is 368 g/mol. The number of nitrogens with zero attached hydrogens (tertiary/aromatic N) is 4. The molecule has 0 unspecified atom stereocenters. The molecule has 26 heavy (non-hydrogen) atoms. The van der Waals surface area contributed by atoms with Crippen LogP contribution in [0.3, 0.4) is 0 Å². The second-order valence-corrected chi connectivity index (χ2v) is 7.18. The molecule has 1 fully saturated rings. The SMILES string of the molecule is CN1CCN(N=C2C(=O)N(Cc3ccc(Cl)cc3)c3ccccc32)CC1. The van der Waals surface area contributed by atoms with Gasteiger partial charge in [0, 0.05) is 36.8 Å². The van der Waals surface area contributed by atoms with E-state index in [1.54, 1.807) is 4.90 Å². The number of amides is 1. The average Bonchev–Trinajstić information content (AvgIpc) is 2.91. The van der Waals surface area contributed by atoms with E-state index in [9.17, 15) is 4.79 Å². The topological polar surface area (TPSA) is 39.1 Å². The number of hydrogen-bond acceptors (Lipinski definition) is 4. The van der Waals surface area contributed by atoms with E-state index in [-0.39, 0.29) is 5.91 Å². The molecule has 1 saturated heterocycles. The van der Waals surface area contributed by atoms with E-state index >= 15 is 0 Å². The zero-order chi connectivity index (χ0) is 18.1. The minimum absolute atomic E-state index is 0.0416. The molecule has 5 nitrogen and oxygen atoms in total. The number of hydrogen-bond donors (Lipinski definition) is 0. The molecule has 0 radical (unpaired) electrons. The van der Waals surface area contributed by atoms with Crippen LogP contribution >= 0.6 is 11.6 Å². The Kier molecular flexibility index (Phi) is 4.66. The maximum absolute atomic E-state index is 13.1. The zero-order valence-electron chi connectivity index (χ0n) is 14.7. The molecule has 0 atom stereocenters. The van der Waals surface area contributed by atoms with Crippen molar-refractivity contribution in [1.29, 1.82) is 0 Å². The number of para-hydroxylation sites is 1. The first-order valence-electron chi connectivity index (χ1n) is 8.79. The number of likely N-dealkylation sites (N-methyl/N-ethyl adjacent to an activating group) is 1. The Labute approximate surface area is 158 Å². The molecule has 0 saturated carbocycles. The molecular weight excluding hydrogens is 348 g/mol. The van der Waals surface area contributed by atoms with Gasteiger partial charge in [0.1, 0.15) is 0 Å². The molecule has 2 aliphatic rings. The Morgan fingerprint density at radius 3 is 2.42 bits per heavy atom. The summed E-state index contributed by atoms with van der Waals surface area (Å²) < 4.78 is 0. The highest BCUT2D eigenvalue weighted by Crippen LogP contribution is 2.31. The Morgan fingerprint density at radius 2 is 1.69 bits per heavy atom. The molecule has 2 aromatic rings. The fraction of sp³-hybridized carbons (Fsp3) is 0.300. The smallest absolute Gasteiger partial charge is 0.279 e. The lowest BCUT2D eigenvalue weighted by Gasteiger charge is -2.30. The summed E-state index contributed by atoms with van der Waals surface area (Å²) in [5, 5.41) is 7.41. The summed E-state index contributed by atoms with van der Waals surface area (Å²) in [5.41, 5.74) is 3.41. The number of piperazine rings is 1. The van der Waals surface area contributed by atoms with E-state index in [0.717, 1.165) is 43.0 Å². The van der Waals surface area contributed by atoms with Crippen LogP contribution in [0.2, 0.25) is 5.02 Å². The molecule has 6 heteroatoms. The second kappa shape index (κ2) is 7.09. The molecule has 2 aliphatic heterocycles. The molecule has 134 valence electrons. The summed E-state index contributed by atoms with van der Waals surface area (Å²) in [6, 6.07) is 15.5. The molecule has 0 N–H and O–H groups in total. The van der Waals surface area contributed by atoms with Crippen LogP contribution in [0.25, 0.3) is 0 Å². The molecule has 0 aromatic heterocycles. The van der Waals surface area contributed by atoms with Crippen molar-refractivity contribution in [3.63, 3.8) is 0 Å². The molecule has 2 aromatic carbocycles. The fourth-order valence-electron chi connectivity index (χ4n) is 3.33. The molecule has 0 bridgehead atoms. The van der Waals surface area contributed by atoms with E-state index < -0.39 is 0 Å². The first-order chi connectivity index (χ1) is 12.6. The number of rotatable bonds is 3. The van der Waals surface area contributed by atoms with Crippen molar-refractivity contribution in [2.75, 3.05) is 38.1 Å². The number of anilines is 1. The van der Waals surface area contributed by atoms with E-state index in [1.807, 2.05) is 53.5 Å². The van der Waals surface area contributed by atoms with Gasteiger partial charge in [-0.3, -0.25) is 9.80 Å². The average molecular weight is 369 g/mol. The number of benzene rings is 2. The third-order valence-corrected chi connectivity index (χ3v) is 5.12. The zero-order valence-corrected chi connectivity index (χ0v) is 15.5. The lowest BCUT2D eigenvalue weighted by Crippen LogP contribution is -2.42. The molecule has 1 amide bonds. The summed E-state index contributed by atoms with van der Waals surface area (Å²) in [6.45, 7) is 4.11. The van der Waals surface area contributed by atoms with Gasteiger partial charge in [-0.25, -0.2) is 0 Å². The van der Waals surface area contributed by atoms with Crippen LogP contribution in [-0.4, -0.2) is 54.8 Å². The first-order valence-corrected chi connectivity index (χ1v) is 9.17. The van der Waals surface area contributed by atoms with E-state index in [2.05, 4.69) is 11.9 Å². The standard InChI is InChI=1S/C20H21ClN4O/c1-23-10-12-24(13-11-23)22-19-17-4-2-3-5-18(17)25(20(19)26)14-15-6-8-16(21)9-7-15/h2-9H,10-14H2,1H3. The first kappa shape index (κ1) is 17.1. The highest BCUT2D eigenvalue weighted by molar-refractivity contribution is 6.54. The molecule has 2 heterocycles. The Balaban J connectivity index is 1.63. The van der Waals surface area contributed by atoms with Crippen LogP contribution in [0.1, 0.15) is 11.1 Å². The Hall–Kier alpha value is -2.37. The highest BCUT2D eigenvalue weighted by Gasteiger charge is 2.34. The highest BCUT2D eigenvalue weighted by atomic mass is 35.5. The largest absolute Gasteiger partial charge is 0.303 e. The van der Waals surface area contributed by atoms with Crippen molar-refractivity contribution in [2.24, 2.45) is 5.10 Å². The number of fused-ring (bicyclic) bond motifs is 1. The lowest BCUT2D eigenvalue weighted by atomic mass is 10.1. The van der Waals surface area contributed by atoms with Crippen LogP contribution in [0.5, 0.6) is 0 Å². The maximum Gasteiger partial charge on any atom is 0.279 e. The molecule has 0 spiro atoms. The summed E-state index contributed by atoms with van der Waals surface area (Å²) in [7, 11) is 2.11. The molecular formula is C20H21ClN4O. The van der Waals surface area contributed by atoms with Gasteiger partial charge in [-0.1, -0.05) is 41.9 Å². The van der Waals surface area contributed by atoms with Gasteiger partial charge in [0.25, 0.3) is 5.91 Å². The van der Waals surface area contributed by atoms with Crippen LogP contribution in [0.15, 0.2) is 53.6 Å². The van der Waals surface area contributed by atoms with Crippen LogP contribution in [0, 0.1) is 0 Å². The summed E-state index contributed by atoms with van der Waals surface area (Å²) >= 11 is 5.97. The Morgan fingerprint density at radius 1 is 1.00 bits per heavy atom. The number of carbonyl (C=O) groups is 1. The van der Waals surface area contributed by atoms with Gasteiger partial charge in [0.2, 0.25) is 0 Å². The lowest BCUT2D eigenvalue weighted by molar-refractivity contribution is -0.112. The third kappa shape index (κ3) is 3.32. The predicted molar refractivity (Wildman–Crippen MR) is 105 cm³/mol. The number of carbonyl (C=O) groups excluding carboxylic acids is 1. The molecule has 4 rings (SSSR count). The third-order valence-electron chi connectivity index (χ3n) is 4.87. The summed E-state index contributed by atoms with van der Waals surface area (Å²) in [5.74, 6) is -0.0416. The van der Waals surface area contributed by atoms with Crippen molar-refractivity contribution >= 4 is 28.9 Å². The van der Waals surface area contributed by atoms with Gasteiger partial charge in [0.15, 0.2) is 5.71 Å². The van der Waals surface area contributed by atoms with Gasteiger partial charge >= 0.3 is 0 Å². The Bertz CT molecular complexity index is 841. The van der Waals surface area contributed by atoms with Crippen LogP contribution in [0.4, 0.5) is 5.69 Å². The summed E-state index contributed by atoms with van der Waals surface area (Å²) in [6.07, 6.45) is 0. The van der Waals surface area contributed by atoms with E-state index in [1.165, 1.54) is 0 Å². The van der Waals surface area contributed by atoms with Gasteiger partial charge in [-0.15, -0.1) is 0 Å². The van der Waals surface area contributed by atoms with Crippen LogP contribution in [-0.2, 0) is 11.3 Å².